The number of aromatic nitrogens is 3. The molecule has 0 spiro atoms. The van der Waals surface area contributed by atoms with Crippen molar-refractivity contribution in [2.24, 2.45) is 11.1 Å². The van der Waals surface area contributed by atoms with Gasteiger partial charge in [-0.2, -0.15) is 9.97 Å². The van der Waals surface area contributed by atoms with Crippen molar-refractivity contribution in [3.63, 3.8) is 0 Å². The summed E-state index contributed by atoms with van der Waals surface area (Å²) in [6.07, 6.45) is 2.66. The number of anilines is 3. The minimum Gasteiger partial charge on any atom is -0.506 e. The molecule has 0 radical (unpaired) electrons. The molecule has 0 amide bonds. The zero-order valence-corrected chi connectivity index (χ0v) is 27.9. The van der Waals surface area contributed by atoms with Crippen LogP contribution in [-0.2, 0) is 6.54 Å². The molecule has 4 heterocycles. The second-order valence-corrected chi connectivity index (χ2v) is 13.6. The Labute approximate surface area is 283 Å². The van der Waals surface area contributed by atoms with Crippen LogP contribution in [0.2, 0.25) is 5.02 Å². The molecule has 1 aliphatic heterocycles. The Kier molecular flexibility index (Phi) is 9.02. The smallest absolute Gasteiger partial charge is 0.319 e. The number of nitrogen functional groups attached to an aromatic ring is 2. The minimum absolute atomic E-state index is 0.00514. The van der Waals surface area contributed by atoms with Crippen LogP contribution < -0.4 is 27.3 Å². The van der Waals surface area contributed by atoms with Gasteiger partial charge in [-0.3, -0.25) is 0 Å². The van der Waals surface area contributed by atoms with Crippen molar-refractivity contribution in [3.8, 4) is 22.9 Å². The number of thiophene rings is 1. The first-order valence-electron chi connectivity index (χ1n) is 15.1. The van der Waals surface area contributed by atoms with E-state index in [1.165, 1.54) is 12.1 Å². The van der Waals surface area contributed by atoms with Crippen LogP contribution in [0.3, 0.4) is 0 Å². The fraction of sp³-hybridized carbons (Fsp3) is 0.303. The minimum atomic E-state index is -0.926. The summed E-state index contributed by atoms with van der Waals surface area (Å²) in [5, 5.41) is 14.8. The molecule has 1 aliphatic rings. The van der Waals surface area contributed by atoms with Crippen LogP contribution in [0.4, 0.5) is 29.8 Å². The lowest BCUT2D eigenvalue weighted by molar-refractivity contribution is 0.109. The van der Waals surface area contributed by atoms with E-state index in [1.54, 1.807) is 25.3 Å². The molecule has 0 saturated carbocycles. The van der Waals surface area contributed by atoms with Crippen molar-refractivity contribution < 1.29 is 23.0 Å². The number of rotatable bonds is 8. The van der Waals surface area contributed by atoms with Crippen molar-refractivity contribution in [1.82, 2.24) is 19.9 Å². The second kappa shape index (κ2) is 12.9. The Morgan fingerprint density at radius 3 is 2.71 bits per heavy atom. The number of piperidine rings is 1. The van der Waals surface area contributed by atoms with E-state index in [2.05, 4.69) is 25.2 Å². The molecule has 3 aromatic heterocycles. The van der Waals surface area contributed by atoms with Gasteiger partial charge in [0, 0.05) is 53.3 Å². The van der Waals surface area contributed by atoms with E-state index in [0.717, 1.165) is 11.3 Å². The van der Waals surface area contributed by atoms with Crippen LogP contribution in [0.5, 0.6) is 11.8 Å². The highest BCUT2D eigenvalue weighted by Crippen LogP contribution is 2.49. The Hall–Kier alpha value is -4.37. The number of benzene rings is 2. The SMILES string of the molecule is C[C@@H](Nc1nc(OC[C@]2(C)CN(C)CC/C2=C\F)nc2c(F)c(-c3ccc(F)c4sc(N)c(CN)c34)c(Cl)c(O)c12)c1cccnc1N. The summed E-state index contributed by atoms with van der Waals surface area (Å²) in [6.45, 7) is 4.77. The van der Waals surface area contributed by atoms with Gasteiger partial charge >= 0.3 is 6.01 Å². The molecule has 5 aromatic rings. The van der Waals surface area contributed by atoms with Gasteiger partial charge in [-0.15, -0.1) is 11.3 Å². The third kappa shape index (κ3) is 5.72. The summed E-state index contributed by atoms with van der Waals surface area (Å²) in [5.41, 5.74) is 18.7. The Bertz CT molecular complexity index is 2090. The van der Waals surface area contributed by atoms with Crippen molar-refractivity contribution >= 4 is 60.6 Å². The standard InChI is InChI=1S/C33H34ClF3N8O2S/c1-15(17-5-4-9-41-29(17)39)42-31-23-26(43-32(44-31)47-14-33(2)13-45(3)10-8-16(33)11-35)25(37)22(24(34)27(23)46)18-6-7-20(36)28-21(18)19(12-38)30(40)48-28/h4-7,9,11,15,46H,8,10,12-14,38,40H2,1-3H3,(H2,39,41)(H,42,43,44)/b16-11+/t15-,33+/m1/s1. The number of halogens is 4. The van der Waals surface area contributed by atoms with E-state index in [1.807, 2.05) is 14.0 Å². The molecule has 0 bridgehead atoms. The van der Waals surface area contributed by atoms with Crippen molar-refractivity contribution in [3.05, 3.63) is 70.1 Å². The van der Waals surface area contributed by atoms with Crippen LogP contribution in [-0.4, -0.2) is 51.7 Å². The molecule has 15 heteroatoms. The Morgan fingerprint density at radius 2 is 2.00 bits per heavy atom. The Morgan fingerprint density at radius 1 is 1.23 bits per heavy atom. The van der Waals surface area contributed by atoms with Crippen molar-refractivity contribution in [2.45, 2.75) is 32.9 Å². The van der Waals surface area contributed by atoms with Crippen molar-refractivity contribution in [2.75, 3.05) is 43.5 Å². The molecule has 6 rings (SSSR count). The molecule has 8 N–H and O–H groups in total. The van der Waals surface area contributed by atoms with Gasteiger partial charge in [-0.25, -0.2) is 18.2 Å². The van der Waals surface area contributed by atoms with E-state index in [0.29, 0.717) is 42.5 Å². The third-order valence-electron chi connectivity index (χ3n) is 8.87. The number of aromatic hydroxyl groups is 1. The number of fused-ring (bicyclic) bond motifs is 2. The molecule has 2 aromatic carbocycles. The molecule has 48 heavy (non-hydrogen) atoms. The van der Waals surface area contributed by atoms with Gasteiger partial charge in [0.25, 0.3) is 0 Å². The van der Waals surface area contributed by atoms with Crippen LogP contribution in [0.1, 0.15) is 37.4 Å². The predicted octanol–water partition coefficient (Wildman–Crippen LogP) is 6.91. The van der Waals surface area contributed by atoms with E-state index >= 15 is 4.39 Å². The zero-order valence-electron chi connectivity index (χ0n) is 26.4. The van der Waals surface area contributed by atoms with E-state index < -0.39 is 28.8 Å². The lowest BCUT2D eigenvalue weighted by atomic mass is 9.78. The normalized spacial score (nSPS) is 18.5. The van der Waals surface area contributed by atoms with Gasteiger partial charge in [0.1, 0.15) is 35.3 Å². The summed E-state index contributed by atoms with van der Waals surface area (Å²) in [6, 6.07) is 5.24. The fourth-order valence-electron chi connectivity index (χ4n) is 6.35. The summed E-state index contributed by atoms with van der Waals surface area (Å²) in [7, 11) is 1.93. The number of hydrogen-bond donors (Lipinski definition) is 5. The number of nitrogens with two attached hydrogens (primary N) is 3. The highest BCUT2D eigenvalue weighted by Gasteiger charge is 2.36. The summed E-state index contributed by atoms with van der Waals surface area (Å²) in [4.78, 5) is 15.1. The van der Waals surface area contributed by atoms with Crippen LogP contribution in [0, 0.1) is 17.0 Å². The number of phenols is 1. The second-order valence-electron chi connectivity index (χ2n) is 12.2. The number of phenolic OH excluding ortho intramolecular Hbond substituents is 1. The van der Waals surface area contributed by atoms with E-state index in [-0.39, 0.29) is 72.9 Å². The van der Waals surface area contributed by atoms with E-state index in [4.69, 9.17) is 33.5 Å². The van der Waals surface area contributed by atoms with Crippen LogP contribution in [0.15, 0.2) is 42.4 Å². The number of likely N-dealkylation sites (tertiary alicyclic amines) is 1. The maximum Gasteiger partial charge on any atom is 0.319 e. The number of nitrogens with zero attached hydrogens (tertiary/aromatic N) is 4. The topological polar surface area (TPSA) is 161 Å². The largest absolute Gasteiger partial charge is 0.506 e. The summed E-state index contributed by atoms with van der Waals surface area (Å²) < 4.78 is 52.1. The molecule has 1 fully saturated rings. The maximum atomic E-state index is 17.0. The first kappa shape index (κ1) is 33.5. The molecule has 10 nitrogen and oxygen atoms in total. The number of nitrogens with one attached hydrogen (secondary N) is 1. The molecule has 0 aliphatic carbocycles. The Balaban J connectivity index is 1.56. The van der Waals surface area contributed by atoms with Gasteiger partial charge in [0.2, 0.25) is 0 Å². The molecule has 2 atom stereocenters. The monoisotopic (exact) mass is 698 g/mol. The van der Waals surface area contributed by atoms with Gasteiger partial charge in [-0.05, 0) is 43.7 Å². The summed E-state index contributed by atoms with van der Waals surface area (Å²) in [5.74, 6) is -1.76. The summed E-state index contributed by atoms with van der Waals surface area (Å²) >= 11 is 7.72. The molecule has 0 unspecified atom stereocenters. The van der Waals surface area contributed by atoms with Crippen molar-refractivity contribution in [1.29, 1.82) is 0 Å². The number of ether oxygens (including phenoxy) is 1. The predicted molar refractivity (Wildman–Crippen MR) is 185 cm³/mol. The molecule has 252 valence electrons. The lowest BCUT2D eigenvalue weighted by Crippen LogP contribution is -2.44. The molecule has 1 saturated heterocycles. The van der Waals surface area contributed by atoms with Gasteiger partial charge in [0.05, 0.1) is 32.5 Å². The van der Waals surface area contributed by atoms with Crippen LogP contribution >= 0.6 is 22.9 Å². The molecular weight excluding hydrogens is 665 g/mol. The average Bonchev–Trinajstić information content (AvgIpc) is 3.40. The van der Waals surface area contributed by atoms with Gasteiger partial charge in [-0.1, -0.05) is 30.7 Å². The first-order chi connectivity index (χ1) is 22.9. The fourth-order valence-corrected chi connectivity index (χ4v) is 7.66. The third-order valence-corrected chi connectivity index (χ3v) is 10.3. The van der Waals surface area contributed by atoms with Gasteiger partial charge in [0.15, 0.2) is 5.82 Å². The highest BCUT2D eigenvalue weighted by atomic mass is 35.5. The van der Waals surface area contributed by atoms with E-state index in [9.17, 15) is 13.9 Å². The zero-order chi connectivity index (χ0) is 34.5. The highest BCUT2D eigenvalue weighted by molar-refractivity contribution is 7.23. The quantitative estimate of drug-likeness (QED) is 0.115. The lowest BCUT2D eigenvalue weighted by Gasteiger charge is -2.40. The maximum absolute atomic E-state index is 17.0. The van der Waals surface area contributed by atoms with Gasteiger partial charge < -0.3 is 37.3 Å². The number of hydrogen-bond acceptors (Lipinski definition) is 11. The number of pyridine rings is 1. The van der Waals surface area contributed by atoms with Crippen LogP contribution in [0.25, 0.3) is 32.1 Å². The first-order valence-corrected chi connectivity index (χ1v) is 16.3. The average molecular weight is 699 g/mol. The molecular formula is C33H34ClF3N8O2S.